The molecule has 1 fully saturated rings. The lowest BCUT2D eigenvalue weighted by Gasteiger charge is -2.21. The lowest BCUT2D eigenvalue weighted by molar-refractivity contribution is 0.0892. The average molecular weight is 304 g/mol. The van der Waals surface area contributed by atoms with Gasteiger partial charge < -0.3 is 14.6 Å². The number of carbonyl (C=O) groups is 1. The van der Waals surface area contributed by atoms with Gasteiger partial charge in [0, 0.05) is 7.05 Å². The highest BCUT2D eigenvalue weighted by atomic mass is 16.5. The van der Waals surface area contributed by atoms with Gasteiger partial charge in [0.25, 0.3) is 5.91 Å². The summed E-state index contributed by atoms with van der Waals surface area (Å²) in [6, 6.07) is -0.00712. The molecule has 2 aromatic heterocycles. The van der Waals surface area contributed by atoms with Gasteiger partial charge in [-0.05, 0) is 25.7 Å². The van der Waals surface area contributed by atoms with Crippen LogP contribution in [0.15, 0.2) is 23.2 Å². The molecule has 1 amide bonds. The molecule has 0 saturated heterocycles. The predicted molar refractivity (Wildman–Crippen MR) is 78.6 cm³/mol. The summed E-state index contributed by atoms with van der Waals surface area (Å²) in [6.07, 6.45) is 8.41. The van der Waals surface area contributed by atoms with E-state index in [-0.39, 0.29) is 18.1 Å². The summed E-state index contributed by atoms with van der Waals surface area (Å²) in [5.74, 6) is 0.581. The summed E-state index contributed by atoms with van der Waals surface area (Å²) < 4.78 is 12.5. The minimum atomic E-state index is -0.148. The van der Waals surface area contributed by atoms with E-state index in [0.717, 1.165) is 25.0 Å². The normalized spacial score (nSPS) is 21.0. The molecule has 0 bridgehead atoms. The van der Waals surface area contributed by atoms with Crippen LogP contribution in [0.25, 0.3) is 0 Å². The fraction of sp³-hybridized carbons (Fsp3) is 0.533. The highest BCUT2D eigenvalue weighted by Gasteiger charge is 2.31. The number of aromatic nitrogens is 3. The number of nitrogens with one attached hydrogen (secondary N) is 1. The molecular formula is C15H20N4O3. The first-order valence-corrected chi connectivity index (χ1v) is 7.56. The molecule has 2 aromatic rings. The summed E-state index contributed by atoms with van der Waals surface area (Å²) in [5.41, 5.74) is 1.19. The van der Waals surface area contributed by atoms with E-state index in [2.05, 4.69) is 15.6 Å². The van der Waals surface area contributed by atoms with Gasteiger partial charge in [0.15, 0.2) is 5.75 Å². The third-order valence-corrected chi connectivity index (χ3v) is 3.96. The maximum atomic E-state index is 12.4. The number of rotatable bonds is 5. The SMILES string of the molecule is CCc1nocc1C(=O)N[C@H]1CCC[C@H]1Oc1cnn(C)c1. The fourth-order valence-corrected chi connectivity index (χ4v) is 2.81. The number of amides is 1. The van der Waals surface area contributed by atoms with Crippen LogP contribution in [0.2, 0.25) is 0 Å². The first-order chi connectivity index (χ1) is 10.7. The molecule has 1 N–H and O–H groups in total. The molecule has 3 rings (SSSR count). The Hall–Kier alpha value is -2.31. The zero-order valence-electron chi connectivity index (χ0n) is 12.8. The summed E-state index contributed by atoms with van der Waals surface area (Å²) in [6.45, 7) is 1.94. The number of nitrogens with zero attached hydrogens (tertiary/aromatic N) is 3. The number of hydrogen-bond acceptors (Lipinski definition) is 5. The Labute approximate surface area is 128 Å². The van der Waals surface area contributed by atoms with Crippen LogP contribution in [-0.4, -0.2) is 33.0 Å². The summed E-state index contributed by atoms with van der Waals surface area (Å²) in [7, 11) is 1.85. The van der Waals surface area contributed by atoms with Crippen LogP contribution in [0.4, 0.5) is 0 Å². The molecule has 7 nitrogen and oxygen atoms in total. The second-order valence-electron chi connectivity index (χ2n) is 5.55. The fourth-order valence-electron chi connectivity index (χ4n) is 2.81. The van der Waals surface area contributed by atoms with Crippen molar-refractivity contribution >= 4 is 5.91 Å². The van der Waals surface area contributed by atoms with Crippen LogP contribution in [0.3, 0.4) is 0 Å². The second kappa shape index (κ2) is 6.21. The average Bonchev–Trinajstić information content (AvgIpc) is 3.21. The molecule has 118 valence electrons. The van der Waals surface area contributed by atoms with Crippen LogP contribution in [0.1, 0.15) is 42.2 Å². The quantitative estimate of drug-likeness (QED) is 0.909. The number of hydrogen-bond donors (Lipinski definition) is 1. The molecular weight excluding hydrogens is 284 g/mol. The van der Waals surface area contributed by atoms with E-state index < -0.39 is 0 Å². The van der Waals surface area contributed by atoms with Crippen molar-refractivity contribution in [2.75, 3.05) is 0 Å². The molecule has 1 aliphatic rings. The molecule has 2 atom stereocenters. The van der Waals surface area contributed by atoms with Crippen LogP contribution in [0.5, 0.6) is 5.75 Å². The molecule has 0 aromatic carbocycles. The van der Waals surface area contributed by atoms with E-state index in [1.165, 1.54) is 6.26 Å². The smallest absolute Gasteiger partial charge is 0.256 e. The number of ether oxygens (including phenoxy) is 1. The minimum absolute atomic E-state index is 0.00712. The summed E-state index contributed by atoms with van der Waals surface area (Å²) >= 11 is 0. The standard InChI is InChI=1S/C15H20N4O3/c1-3-12-11(9-21-18-12)15(20)17-13-5-4-6-14(13)22-10-7-16-19(2)8-10/h7-9,13-14H,3-6H2,1-2H3,(H,17,20)/t13-,14+/m0/s1. The van der Waals surface area contributed by atoms with Gasteiger partial charge in [-0.3, -0.25) is 9.48 Å². The predicted octanol–water partition coefficient (Wildman–Crippen LogP) is 1.70. The van der Waals surface area contributed by atoms with Gasteiger partial charge in [0.05, 0.1) is 24.1 Å². The third kappa shape index (κ3) is 2.98. The van der Waals surface area contributed by atoms with Crippen molar-refractivity contribution in [2.45, 2.75) is 44.8 Å². The largest absolute Gasteiger partial charge is 0.485 e. The van der Waals surface area contributed by atoms with Crippen molar-refractivity contribution < 1.29 is 14.1 Å². The lowest BCUT2D eigenvalue weighted by Crippen LogP contribution is -2.42. The molecule has 7 heteroatoms. The highest BCUT2D eigenvalue weighted by molar-refractivity contribution is 5.95. The third-order valence-electron chi connectivity index (χ3n) is 3.96. The molecule has 22 heavy (non-hydrogen) atoms. The van der Waals surface area contributed by atoms with E-state index in [4.69, 9.17) is 9.26 Å². The molecule has 1 saturated carbocycles. The Morgan fingerprint density at radius 1 is 1.55 bits per heavy atom. The zero-order chi connectivity index (χ0) is 15.5. The first kappa shape index (κ1) is 14.6. The Morgan fingerprint density at radius 2 is 2.41 bits per heavy atom. The van der Waals surface area contributed by atoms with E-state index in [1.54, 1.807) is 10.9 Å². The number of aryl methyl sites for hydroxylation is 2. The van der Waals surface area contributed by atoms with Gasteiger partial charge in [-0.15, -0.1) is 0 Å². The van der Waals surface area contributed by atoms with Gasteiger partial charge >= 0.3 is 0 Å². The lowest BCUT2D eigenvalue weighted by atomic mass is 10.1. The zero-order valence-corrected chi connectivity index (χ0v) is 12.8. The Balaban J connectivity index is 1.64. The van der Waals surface area contributed by atoms with Crippen LogP contribution >= 0.6 is 0 Å². The Bertz CT molecular complexity index is 649. The topological polar surface area (TPSA) is 82.2 Å². The Kier molecular flexibility index (Phi) is 4.13. The van der Waals surface area contributed by atoms with Crippen molar-refractivity contribution in [3.8, 4) is 5.75 Å². The maximum Gasteiger partial charge on any atom is 0.256 e. The molecule has 1 aliphatic carbocycles. The monoisotopic (exact) mass is 304 g/mol. The van der Waals surface area contributed by atoms with E-state index in [1.807, 2.05) is 20.2 Å². The summed E-state index contributed by atoms with van der Waals surface area (Å²) in [5, 5.41) is 11.0. The van der Waals surface area contributed by atoms with Gasteiger partial charge in [0.2, 0.25) is 0 Å². The van der Waals surface area contributed by atoms with Crippen molar-refractivity contribution in [1.82, 2.24) is 20.3 Å². The minimum Gasteiger partial charge on any atom is -0.485 e. The summed E-state index contributed by atoms with van der Waals surface area (Å²) in [4.78, 5) is 12.4. The molecule has 0 unspecified atom stereocenters. The van der Waals surface area contributed by atoms with E-state index >= 15 is 0 Å². The highest BCUT2D eigenvalue weighted by Crippen LogP contribution is 2.25. The first-order valence-electron chi connectivity index (χ1n) is 7.56. The maximum absolute atomic E-state index is 12.4. The van der Waals surface area contributed by atoms with Crippen LogP contribution in [0, 0.1) is 0 Å². The Morgan fingerprint density at radius 3 is 3.14 bits per heavy atom. The van der Waals surface area contributed by atoms with Gasteiger partial charge in [-0.1, -0.05) is 12.1 Å². The molecule has 0 aliphatic heterocycles. The van der Waals surface area contributed by atoms with E-state index in [0.29, 0.717) is 17.7 Å². The number of carbonyl (C=O) groups excluding carboxylic acids is 1. The van der Waals surface area contributed by atoms with Gasteiger partial charge in [-0.2, -0.15) is 5.10 Å². The molecule has 2 heterocycles. The van der Waals surface area contributed by atoms with Crippen LogP contribution < -0.4 is 10.1 Å². The van der Waals surface area contributed by atoms with Crippen molar-refractivity contribution in [3.05, 3.63) is 29.9 Å². The molecule has 0 radical (unpaired) electrons. The van der Waals surface area contributed by atoms with Crippen molar-refractivity contribution in [3.63, 3.8) is 0 Å². The van der Waals surface area contributed by atoms with Crippen molar-refractivity contribution in [1.29, 1.82) is 0 Å². The van der Waals surface area contributed by atoms with Gasteiger partial charge in [-0.25, -0.2) is 0 Å². The van der Waals surface area contributed by atoms with Gasteiger partial charge in [0.1, 0.15) is 17.9 Å². The second-order valence-corrected chi connectivity index (χ2v) is 5.55. The molecule has 0 spiro atoms. The van der Waals surface area contributed by atoms with E-state index in [9.17, 15) is 4.79 Å². The van der Waals surface area contributed by atoms with Crippen molar-refractivity contribution in [2.24, 2.45) is 7.05 Å². The van der Waals surface area contributed by atoms with Crippen LogP contribution in [-0.2, 0) is 13.5 Å².